The van der Waals surface area contributed by atoms with Gasteiger partial charge in [0.2, 0.25) is 0 Å². The van der Waals surface area contributed by atoms with Crippen LogP contribution in [0.4, 0.5) is 10.1 Å². The molecule has 0 heterocycles. The van der Waals surface area contributed by atoms with E-state index in [9.17, 15) is 19.3 Å². The normalized spacial score (nSPS) is 10.2. The molecule has 0 saturated heterocycles. The second kappa shape index (κ2) is 7.30. The molecule has 0 atom stereocenters. The van der Waals surface area contributed by atoms with Gasteiger partial charge in [-0.25, -0.2) is 4.39 Å². The maximum atomic E-state index is 12.9. The molecule has 0 amide bonds. The lowest BCUT2D eigenvalue weighted by Crippen LogP contribution is -2.01. The summed E-state index contributed by atoms with van der Waals surface area (Å²) in [7, 11) is 0. The van der Waals surface area contributed by atoms with Crippen molar-refractivity contribution in [2.75, 3.05) is 6.61 Å². The van der Waals surface area contributed by atoms with Crippen molar-refractivity contribution in [3.63, 3.8) is 0 Å². The highest BCUT2D eigenvalue weighted by Crippen LogP contribution is 2.27. The third-order valence-electron chi connectivity index (χ3n) is 2.41. The van der Waals surface area contributed by atoms with Crippen LogP contribution in [0.5, 0.6) is 5.75 Å². The van der Waals surface area contributed by atoms with Gasteiger partial charge in [-0.3, -0.25) is 14.9 Å². The van der Waals surface area contributed by atoms with E-state index in [0.29, 0.717) is 19.3 Å². The molecule has 0 bridgehead atoms. The first-order valence-corrected chi connectivity index (χ1v) is 5.79. The van der Waals surface area contributed by atoms with Crippen LogP contribution in [-0.4, -0.2) is 22.6 Å². The smallest absolute Gasteiger partial charge is 0.313 e. The number of halogens is 1. The Morgan fingerprint density at radius 1 is 1.37 bits per heavy atom. The number of hydrogen-bond donors (Lipinski definition) is 1. The van der Waals surface area contributed by atoms with Crippen molar-refractivity contribution in [1.82, 2.24) is 0 Å². The molecule has 0 spiro atoms. The molecule has 1 aromatic rings. The van der Waals surface area contributed by atoms with Gasteiger partial charge in [-0.15, -0.1) is 0 Å². The molecule has 0 aliphatic carbocycles. The standard InChI is InChI=1S/C12H14FNO5/c13-9-5-6-11(10(8-9)14(17)18)19-7-3-1-2-4-12(15)16/h5-6,8H,1-4,7H2,(H,15,16). The van der Waals surface area contributed by atoms with Crippen LogP contribution in [0, 0.1) is 15.9 Å². The first kappa shape index (κ1) is 14.9. The summed E-state index contributed by atoms with van der Waals surface area (Å²) < 4.78 is 18.1. The summed E-state index contributed by atoms with van der Waals surface area (Å²) in [6, 6.07) is 3.11. The van der Waals surface area contributed by atoms with Crippen molar-refractivity contribution < 1.29 is 24.0 Å². The van der Waals surface area contributed by atoms with Gasteiger partial charge in [-0.2, -0.15) is 0 Å². The minimum absolute atomic E-state index is 0.0182. The lowest BCUT2D eigenvalue weighted by Gasteiger charge is -2.06. The number of ether oxygens (including phenoxy) is 1. The van der Waals surface area contributed by atoms with Crippen LogP contribution in [0.2, 0.25) is 0 Å². The Balaban J connectivity index is 2.41. The number of carbonyl (C=O) groups is 1. The molecule has 6 nitrogen and oxygen atoms in total. The van der Waals surface area contributed by atoms with Crippen molar-refractivity contribution in [1.29, 1.82) is 0 Å². The highest BCUT2D eigenvalue weighted by Gasteiger charge is 2.15. The van der Waals surface area contributed by atoms with Crippen molar-refractivity contribution in [3.05, 3.63) is 34.1 Å². The van der Waals surface area contributed by atoms with E-state index in [1.807, 2.05) is 0 Å². The zero-order chi connectivity index (χ0) is 14.3. The fourth-order valence-electron chi connectivity index (χ4n) is 1.49. The second-order valence-corrected chi connectivity index (χ2v) is 3.92. The van der Waals surface area contributed by atoms with Crippen molar-refractivity contribution in [3.8, 4) is 5.75 Å². The van der Waals surface area contributed by atoms with E-state index in [0.717, 1.165) is 12.1 Å². The fourth-order valence-corrected chi connectivity index (χ4v) is 1.49. The largest absolute Gasteiger partial charge is 0.487 e. The summed E-state index contributed by atoms with van der Waals surface area (Å²) in [6.07, 6.45) is 1.87. The predicted molar refractivity (Wildman–Crippen MR) is 64.7 cm³/mol. The number of benzene rings is 1. The van der Waals surface area contributed by atoms with Crippen molar-refractivity contribution in [2.45, 2.75) is 25.7 Å². The van der Waals surface area contributed by atoms with Gasteiger partial charge in [-0.05, 0) is 31.4 Å². The SMILES string of the molecule is O=C(O)CCCCCOc1ccc(F)cc1[N+](=O)[O-]. The average Bonchev–Trinajstić information content (AvgIpc) is 2.34. The van der Waals surface area contributed by atoms with Gasteiger partial charge >= 0.3 is 11.7 Å². The quantitative estimate of drug-likeness (QED) is 0.446. The van der Waals surface area contributed by atoms with E-state index in [4.69, 9.17) is 9.84 Å². The number of carboxylic acid groups (broad SMARTS) is 1. The van der Waals surface area contributed by atoms with Crippen molar-refractivity contribution >= 4 is 11.7 Å². The third kappa shape index (κ3) is 5.33. The number of rotatable bonds is 8. The van der Waals surface area contributed by atoms with Gasteiger partial charge in [0.25, 0.3) is 0 Å². The minimum atomic E-state index is -0.852. The first-order valence-electron chi connectivity index (χ1n) is 5.79. The van der Waals surface area contributed by atoms with E-state index >= 15 is 0 Å². The zero-order valence-corrected chi connectivity index (χ0v) is 10.2. The van der Waals surface area contributed by atoms with Crippen LogP contribution in [-0.2, 0) is 4.79 Å². The van der Waals surface area contributed by atoms with Gasteiger partial charge in [0.1, 0.15) is 5.82 Å². The van der Waals surface area contributed by atoms with Crippen molar-refractivity contribution in [2.24, 2.45) is 0 Å². The molecule has 0 saturated carbocycles. The first-order chi connectivity index (χ1) is 9.00. The number of nitro groups is 1. The van der Waals surface area contributed by atoms with Gasteiger partial charge in [-0.1, -0.05) is 0 Å². The summed E-state index contributed by atoms with van der Waals surface area (Å²) in [5.74, 6) is -1.53. The number of hydrogen-bond acceptors (Lipinski definition) is 4. The molecule has 1 rings (SSSR count). The lowest BCUT2D eigenvalue weighted by atomic mass is 10.2. The molecule has 1 aromatic carbocycles. The van der Waals surface area contributed by atoms with Gasteiger partial charge in [0.05, 0.1) is 17.6 Å². The maximum absolute atomic E-state index is 12.9. The molecule has 0 unspecified atom stereocenters. The summed E-state index contributed by atoms with van der Waals surface area (Å²) in [5, 5.41) is 19.1. The number of unbranched alkanes of at least 4 members (excludes halogenated alkanes) is 2. The molecule has 104 valence electrons. The summed E-state index contributed by atoms with van der Waals surface area (Å²) in [5.41, 5.74) is -0.412. The van der Waals surface area contributed by atoms with Crippen LogP contribution in [0.25, 0.3) is 0 Å². The number of carboxylic acids is 1. The van der Waals surface area contributed by atoms with Crippen LogP contribution in [0.15, 0.2) is 18.2 Å². The number of aliphatic carboxylic acids is 1. The molecule has 0 radical (unpaired) electrons. The fraction of sp³-hybridized carbons (Fsp3) is 0.417. The van der Waals surface area contributed by atoms with Gasteiger partial charge < -0.3 is 9.84 Å². The monoisotopic (exact) mass is 271 g/mol. The Bertz CT molecular complexity index is 463. The molecule has 0 aliphatic rings. The topological polar surface area (TPSA) is 89.7 Å². The molecule has 0 aromatic heterocycles. The van der Waals surface area contributed by atoms with E-state index in [1.54, 1.807) is 0 Å². The average molecular weight is 271 g/mol. The van der Waals surface area contributed by atoms with E-state index in [-0.39, 0.29) is 18.8 Å². The molecule has 19 heavy (non-hydrogen) atoms. The van der Waals surface area contributed by atoms with E-state index < -0.39 is 22.4 Å². The summed E-state index contributed by atoms with van der Waals surface area (Å²) in [6.45, 7) is 0.228. The molecule has 0 fully saturated rings. The van der Waals surface area contributed by atoms with Gasteiger partial charge in [0.15, 0.2) is 5.75 Å². The minimum Gasteiger partial charge on any atom is -0.487 e. The van der Waals surface area contributed by atoms with Crippen LogP contribution < -0.4 is 4.74 Å². The maximum Gasteiger partial charge on any atom is 0.313 e. The van der Waals surface area contributed by atoms with Gasteiger partial charge in [0, 0.05) is 6.42 Å². The molecule has 7 heteroatoms. The predicted octanol–water partition coefficient (Wildman–Crippen LogP) is 2.76. The molecule has 1 N–H and O–H groups in total. The molecular weight excluding hydrogens is 257 g/mol. The summed E-state index contributed by atoms with van der Waals surface area (Å²) >= 11 is 0. The Morgan fingerprint density at radius 2 is 2.11 bits per heavy atom. The highest BCUT2D eigenvalue weighted by molar-refractivity contribution is 5.66. The zero-order valence-electron chi connectivity index (χ0n) is 10.2. The van der Waals surface area contributed by atoms with Crippen LogP contribution >= 0.6 is 0 Å². The summed E-state index contributed by atoms with van der Waals surface area (Å²) in [4.78, 5) is 20.2. The van der Waals surface area contributed by atoms with Crippen LogP contribution in [0.3, 0.4) is 0 Å². The van der Waals surface area contributed by atoms with E-state index in [2.05, 4.69) is 0 Å². The van der Waals surface area contributed by atoms with E-state index in [1.165, 1.54) is 6.07 Å². The Morgan fingerprint density at radius 3 is 2.74 bits per heavy atom. The Labute approximate surface area is 109 Å². The lowest BCUT2D eigenvalue weighted by molar-refractivity contribution is -0.386. The number of nitrogens with zero attached hydrogens (tertiary/aromatic N) is 1. The molecule has 0 aliphatic heterocycles. The number of nitro benzene ring substituents is 1. The Hall–Kier alpha value is -2.18. The molecular formula is C12H14FNO5. The highest BCUT2D eigenvalue weighted by atomic mass is 19.1. The van der Waals surface area contributed by atoms with Crippen LogP contribution in [0.1, 0.15) is 25.7 Å². The second-order valence-electron chi connectivity index (χ2n) is 3.92. The third-order valence-corrected chi connectivity index (χ3v) is 2.41. The Kier molecular flexibility index (Phi) is 5.72.